The summed E-state index contributed by atoms with van der Waals surface area (Å²) in [7, 11) is 0.124. The van der Waals surface area contributed by atoms with Gasteiger partial charge in [0.15, 0.2) is 0 Å². The highest BCUT2D eigenvalue weighted by atomic mass is 32.2. The maximum atomic E-state index is 12.4. The summed E-state index contributed by atoms with van der Waals surface area (Å²) in [6.07, 6.45) is 8.13. The van der Waals surface area contributed by atoms with Gasteiger partial charge in [-0.3, -0.25) is 0 Å². The van der Waals surface area contributed by atoms with Gasteiger partial charge in [0.1, 0.15) is 0 Å². The number of sulfonamides is 1. The largest absolute Gasteiger partial charge is 0.219 e. The van der Waals surface area contributed by atoms with Crippen LogP contribution in [-0.4, -0.2) is 31.6 Å². The maximum Gasteiger partial charge on any atom is 0.219 e. The lowest BCUT2D eigenvalue weighted by Crippen LogP contribution is -2.43. The summed E-state index contributed by atoms with van der Waals surface area (Å²) < 4.78 is 25.7. The van der Waals surface area contributed by atoms with E-state index in [2.05, 4.69) is 13.8 Å². The molecule has 0 amide bonds. The highest BCUT2D eigenvalue weighted by Gasteiger charge is 2.39. The van der Waals surface area contributed by atoms with Crippen LogP contribution in [-0.2, 0) is 10.0 Å². The fourth-order valence-corrected chi connectivity index (χ4v) is 3.99. The van der Waals surface area contributed by atoms with Crippen LogP contribution in [0.5, 0.6) is 0 Å². The molecule has 18 heavy (non-hydrogen) atoms. The third kappa shape index (κ3) is 4.88. The highest BCUT2D eigenvalue weighted by Crippen LogP contribution is 2.31. The number of hydrogen-bond donors (Lipinski definition) is 0. The average molecular weight is 277 g/mol. The highest BCUT2D eigenvalue weighted by molar-refractivity contribution is 7.90. The monoisotopic (exact) mass is 277 g/mol. The molecule has 0 aromatic rings. The standard InChI is InChI=1S/C14H31NO2S/c1-6-8-10-11-13-14(3,12-9-7-2)18(16,17)15(4)5/h6-13H2,1-5H3. The van der Waals surface area contributed by atoms with Crippen molar-refractivity contribution in [3.05, 3.63) is 0 Å². The summed E-state index contributed by atoms with van der Waals surface area (Å²) in [5.41, 5.74) is 0. The van der Waals surface area contributed by atoms with E-state index in [1.807, 2.05) is 6.92 Å². The van der Waals surface area contributed by atoms with E-state index in [1.54, 1.807) is 14.1 Å². The molecule has 0 saturated carbocycles. The predicted molar refractivity (Wildman–Crippen MR) is 79.3 cm³/mol. The Bertz CT molecular complexity index is 312. The van der Waals surface area contributed by atoms with Crippen LogP contribution in [0.2, 0.25) is 0 Å². The van der Waals surface area contributed by atoms with Crippen LogP contribution < -0.4 is 0 Å². The molecule has 0 aliphatic rings. The van der Waals surface area contributed by atoms with Gasteiger partial charge in [-0.25, -0.2) is 12.7 Å². The number of rotatable bonds is 10. The van der Waals surface area contributed by atoms with Gasteiger partial charge in [-0.05, 0) is 19.8 Å². The molecule has 0 bridgehead atoms. The van der Waals surface area contributed by atoms with Crippen molar-refractivity contribution < 1.29 is 8.42 Å². The molecule has 0 heterocycles. The third-order valence-corrected chi connectivity index (χ3v) is 6.34. The molecule has 0 N–H and O–H groups in total. The van der Waals surface area contributed by atoms with Gasteiger partial charge in [-0.15, -0.1) is 0 Å². The van der Waals surface area contributed by atoms with Gasteiger partial charge in [0.2, 0.25) is 10.0 Å². The van der Waals surface area contributed by atoms with Crippen LogP contribution in [0.15, 0.2) is 0 Å². The molecule has 1 unspecified atom stereocenters. The van der Waals surface area contributed by atoms with Gasteiger partial charge in [0, 0.05) is 14.1 Å². The SMILES string of the molecule is CCCCCCC(C)(CCCC)S(=O)(=O)N(C)C. The molecule has 0 rings (SSSR count). The minimum absolute atomic E-state index is 0.583. The summed E-state index contributed by atoms with van der Waals surface area (Å²) in [6.45, 7) is 6.20. The molecule has 0 aromatic heterocycles. The van der Waals surface area contributed by atoms with Crippen molar-refractivity contribution in [2.45, 2.75) is 76.9 Å². The molecule has 0 saturated heterocycles. The van der Waals surface area contributed by atoms with Gasteiger partial charge in [0.05, 0.1) is 4.75 Å². The van der Waals surface area contributed by atoms with Crippen LogP contribution >= 0.6 is 0 Å². The summed E-state index contributed by atoms with van der Waals surface area (Å²) in [6, 6.07) is 0. The van der Waals surface area contributed by atoms with E-state index in [4.69, 9.17) is 0 Å². The number of nitrogens with zero attached hydrogens (tertiary/aromatic N) is 1. The molecular formula is C14H31NO2S. The second-order valence-corrected chi connectivity index (χ2v) is 8.32. The van der Waals surface area contributed by atoms with Gasteiger partial charge < -0.3 is 0 Å². The average Bonchev–Trinajstić information content (AvgIpc) is 2.31. The Morgan fingerprint density at radius 2 is 1.39 bits per heavy atom. The molecule has 0 aliphatic carbocycles. The maximum absolute atomic E-state index is 12.4. The first kappa shape index (κ1) is 17.9. The molecule has 0 spiro atoms. The van der Waals surface area contributed by atoms with E-state index in [9.17, 15) is 8.42 Å². The van der Waals surface area contributed by atoms with Gasteiger partial charge in [0.25, 0.3) is 0 Å². The Kier molecular flexibility index (Phi) is 8.11. The van der Waals surface area contributed by atoms with Crippen molar-refractivity contribution in [2.24, 2.45) is 0 Å². The molecule has 0 aliphatic heterocycles. The quantitative estimate of drug-likeness (QED) is 0.570. The first-order valence-corrected chi connectivity index (χ1v) is 8.68. The van der Waals surface area contributed by atoms with E-state index in [-0.39, 0.29) is 0 Å². The Morgan fingerprint density at radius 3 is 1.83 bits per heavy atom. The number of unbranched alkanes of at least 4 members (excludes halogenated alkanes) is 4. The van der Waals surface area contributed by atoms with Crippen LogP contribution in [0.4, 0.5) is 0 Å². The fourth-order valence-electron chi connectivity index (χ4n) is 2.30. The lowest BCUT2D eigenvalue weighted by Gasteiger charge is -2.32. The molecule has 0 fully saturated rings. The molecule has 4 heteroatoms. The molecule has 1 atom stereocenters. The molecule has 0 aromatic carbocycles. The minimum atomic E-state index is -3.16. The molecule has 0 radical (unpaired) electrons. The Hall–Kier alpha value is -0.0900. The zero-order chi connectivity index (χ0) is 14.2. The van der Waals surface area contributed by atoms with E-state index in [0.29, 0.717) is 0 Å². The van der Waals surface area contributed by atoms with E-state index >= 15 is 0 Å². The van der Waals surface area contributed by atoms with Crippen molar-refractivity contribution >= 4 is 10.0 Å². The van der Waals surface area contributed by atoms with E-state index < -0.39 is 14.8 Å². The van der Waals surface area contributed by atoms with Crippen molar-refractivity contribution in [2.75, 3.05) is 14.1 Å². The predicted octanol–water partition coefficient (Wildman–Crippen LogP) is 3.80. The fraction of sp³-hybridized carbons (Fsp3) is 1.00. The van der Waals surface area contributed by atoms with Crippen LogP contribution in [0.25, 0.3) is 0 Å². The van der Waals surface area contributed by atoms with Crippen molar-refractivity contribution in [3.63, 3.8) is 0 Å². The second-order valence-electron chi connectivity index (χ2n) is 5.65. The van der Waals surface area contributed by atoms with Gasteiger partial charge in [-0.2, -0.15) is 0 Å². The molecular weight excluding hydrogens is 246 g/mol. The second kappa shape index (κ2) is 8.16. The van der Waals surface area contributed by atoms with E-state index in [0.717, 1.165) is 38.5 Å². The lowest BCUT2D eigenvalue weighted by molar-refractivity contribution is 0.412. The Morgan fingerprint density at radius 1 is 0.889 bits per heavy atom. The smallest absolute Gasteiger partial charge is 0.212 e. The van der Waals surface area contributed by atoms with Gasteiger partial charge >= 0.3 is 0 Å². The molecule has 3 nitrogen and oxygen atoms in total. The summed E-state index contributed by atoms with van der Waals surface area (Å²) in [4.78, 5) is 0. The van der Waals surface area contributed by atoms with Crippen molar-refractivity contribution in [1.82, 2.24) is 4.31 Å². The normalized spacial score (nSPS) is 15.9. The first-order chi connectivity index (χ1) is 8.31. The first-order valence-electron chi connectivity index (χ1n) is 7.24. The Balaban J connectivity index is 4.72. The summed E-state index contributed by atoms with van der Waals surface area (Å²) >= 11 is 0. The third-order valence-electron chi connectivity index (χ3n) is 3.72. The van der Waals surface area contributed by atoms with Crippen molar-refractivity contribution in [1.29, 1.82) is 0 Å². The van der Waals surface area contributed by atoms with Crippen LogP contribution in [0.3, 0.4) is 0 Å². The molecule has 110 valence electrons. The lowest BCUT2D eigenvalue weighted by atomic mass is 9.96. The topological polar surface area (TPSA) is 37.4 Å². The van der Waals surface area contributed by atoms with E-state index in [1.165, 1.54) is 17.1 Å². The summed E-state index contributed by atoms with van der Waals surface area (Å²) in [5, 5.41) is 0. The zero-order valence-electron chi connectivity index (χ0n) is 12.8. The van der Waals surface area contributed by atoms with Crippen molar-refractivity contribution in [3.8, 4) is 0 Å². The van der Waals surface area contributed by atoms with Crippen LogP contribution in [0, 0.1) is 0 Å². The summed E-state index contributed by atoms with van der Waals surface area (Å²) in [5.74, 6) is 0. The number of hydrogen-bond acceptors (Lipinski definition) is 2. The van der Waals surface area contributed by atoms with Gasteiger partial charge in [-0.1, -0.05) is 52.4 Å². The zero-order valence-corrected chi connectivity index (χ0v) is 13.6. The minimum Gasteiger partial charge on any atom is -0.212 e. The van der Waals surface area contributed by atoms with Crippen LogP contribution in [0.1, 0.15) is 72.1 Å². The Labute approximate surface area is 114 Å².